The normalized spacial score (nSPS) is 18.6. The van der Waals surface area contributed by atoms with Crippen molar-refractivity contribution >= 4 is 29.3 Å². The largest absolute Gasteiger partial charge is 0.481 e. The van der Waals surface area contributed by atoms with E-state index in [0.717, 1.165) is 18.7 Å². The molecule has 2 amide bonds. The Labute approximate surface area is 141 Å². The molecule has 0 aromatic heterocycles. The van der Waals surface area contributed by atoms with Crippen molar-refractivity contribution in [2.75, 3.05) is 31.6 Å². The van der Waals surface area contributed by atoms with Crippen molar-refractivity contribution in [1.82, 2.24) is 10.2 Å². The summed E-state index contributed by atoms with van der Waals surface area (Å²) >= 11 is 6.01. The molecule has 2 rings (SSSR count). The molecule has 0 spiro atoms. The first-order valence-electron chi connectivity index (χ1n) is 7.61. The van der Waals surface area contributed by atoms with Crippen LogP contribution in [0, 0.1) is 5.92 Å². The van der Waals surface area contributed by atoms with Gasteiger partial charge < -0.3 is 20.2 Å². The molecule has 1 fully saturated rings. The zero-order valence-electron chi connectivity index (χ0n) is 13.3. The first-order chi connectivity index (χ1) is 10.9. The number of amides is 2. The summed E-state index contributed by atoms with van der Waals surface area (Å²) in [6, 6.07) is 7.45. The van der Waals surface area contributed by atoms with Gasteiger partial charge in [-0.25, -0.2) is 4.79 Å². The first-order valence-corrected chi connectivity index (χ1v) is 7.99. The lowest BCUT2D eigenvalue weighted by molar-refractivity contribution is -0.141. The molecule has 7 heteroatoms. The van der Waals surface area contributed by atoms with Crippen LogP contribution in [0.2, 0.25) is 5.02 Å². The highest BCUT2D eigenvalue weighted by molar-refractivity contribution is 6.30. The van der Waals surface area contributed by atoms with E-state index >= 15 is 0 Å². The topological polar surface area (TPSA) is 72.9 Å². The number of hydrogen-bond acceptors (Lipinski definition) is 3. The van der Waals surface area contributed by atoms with Gasteiger partial charge in [-0.3, -0.25) is 4.79 Å². The van der Waals surface area contributed by atoms with Gasteiger partial charge in [0.2, 0.25) is 0 Å². The van der Waals surface area contributed by atoms with Crippen LogP contribution in [-0.4, -0.2) is 54.7 Å². The van der Waals surface area contributed by atoms with Crippen LogP contribution in [0.3, 0.4) is 0 Å². The van der Waals surface area contributed by atoms with Crippen LogP contribution in [0.4, 0.5) is 10.5 Å². The minimum absolute atomic E-state index is 0.0454. The fraction of sp³-hybridized carbons (Fsp3) is 0.500. The van der Waals surface area contributed by atoms with Crippen LogP contribution in [0.1, 0.15) is 13.3 Å². The van der Waals surface area contributed by atoms with Crippen molar-refractivity contribution in [3.05, 3.63) is 29.3 Å². The van der Waals surface area contributed by atoms with Gasteiger partial charge in [0, 0.05) is 43.4 Å². The smallest absolute Gasteiger partial charge is 0.317 e. The Kier molecular flexibility index (Phi) is 5.71. The summed E-state index contributed by atoms with van der Waals surface area (Å²) < 4.78 is 0. The predicted molar refractivity (Wildman–Crippen MR) is 90.0 cm³/mol. The van der Waals surface area contributed by atoms with Crippen LogP contribution in [0.15, 0.2) is 24.3 Å². The average molecular weight is 340 g/mol. The van der Waals surface area contributed by atoms with E-state index in [-0.39, 0.29) is 18.6 Å². The van der Waals surface area contributed by atoms with E-state index in [4.69, 9.17) is 16.7 Å². The third kappa shape index (κ3) is 4.76. The quantitative estimate of drug-likeness (QED) is 0.863. The van der Waals surface area contributed by atoms with Crippen molar-refractivity contribution in [3.8, 4) is 0 Å². The maximum atomic E-state index is 12.1. The van der Waals surface area contributed by atoms with Gasteiger partial charge in [-0.15, -0.1) is 0 Å². The molecule has 0 radical (unpaired) electrons. The summed E-state index contributed by atoms with van der Waals surface area (Å²) in [4.78, 5) is 26.6. The molecule has 1 aliphatic heterocycles. The zero-order chi connectivity index (χ0) is 17.0. The van der Waals surface area contributed by atoms with Gasteiger partial charge in [0.25, 0.3) is 0 Å². The molecule has 1 saturated heterocycles. The number of hydrogen-bond donors (Lipinski definition) is 2. The summed E-state index contributed by atoms with van der Waals surface area (Å²) in [5, 5.41) is 12.6. The van der Waals surface area contributed by atoms with E-state index < -0.39 is 11.9 Å². The number of halogens is 1. The van der Waals surface area contributed by atoms with Crippen LogP contribution >= 0.6 is 11.6 Å². The zero-order valence-corrected chi connectivity index (χ0v) is 14.1. The van der Waals surface area contributed by atoms with E-state index in [0.29, 0.717) is 11.6 Å². The Balaban J connectivity index is 1.85. The maximum absolute atomic E-state index is 12.1. The molecule has 2 unspecified atom stereocenters. The van der Waals surface area contributed by atoms with Gasteiger partial charge in [-0.05, 0) is 24.6 Å². The Morgan fingerprint density at radius 1 is 1.52 bits per heavy atom. The molecule has 2 N–H and O–H groups in total. The number of nitrogens with zero attached hydrogens (tertiary/aromatic N) is 2. The lowest BCUT2D eigenvalue weighted by Gasteiger charge is -2.23. The third-order valence-corrected chi connectivity index (χ3v) is 4.24. The fourth-order valence-corrected chi connectivity index (χ4v) is 2.83. The Morgan fingerprint density at radius 2 is 2.26 bits per heavy atom. The molecule has 126 valence electrons. The summed E-state index contributed by atoms with van der Waals surface area (Å²) in [5.41, 5.74) is 1.04. The number of carboxylic acid groups (broad SMARTS) is 1. The first kappa shape index (κ1) is 17.4. The standard InChI is InChI=1S/C16H22ClN3O3/c1-11(15(21)22)9-19(2)16(23)18-13-6-7-20(10-13)14-5-3-4-12(17)8-14/h3-5,8,11,13H,6-7,9-10H2,1-2H3,(H,18,23)(H,21,22). The molecule has 2 atom stereocenters. The highest BCUT2D eigenvalue weighted by Gasteiger charge is 2.26. The summed E-state index contributed by atoms with van der Waals surface area (Å²) in [6.07, 6.45) is 0.848. The van der Waals surface area contributed by atoms with Crippen molar-refractivity contribution in [2.45, 2.75) is 19.4 Å². The van der Waals surface area contributed by atoms with Gasteiger partial charge in [0.15, 0.2) is 0 Å². The summed E-state index contributed by atoms with van der Waals surface area (Å²) in [5.74, 6) is -1.49. The molecular weight excluding hydrogens is 318 g/mol. The molecule has 1 aliphatic rings. The second kappa shape index (κ2) is 7.55. The number of carbonyl (C=O) groups is 2. The van der Waals surface area contributed by atoms with Crippen molar-refractivity contribution < 1.29 is 14.7 Å². The molecule has 0 bridgehead atoms. The Hall–Kier alpha value is -1.95. The SMILES string of the molecule is CC(CN(C)C(=O)NC1CCN(c2cccc(Cl)c2)C1)C(=O)O. The van der Waals surface area contributed by atoms with Crippen LogP contribution < -0.4 is 10.2 Å². The minimum Gasteiger partial charge on any atom is -0.481 e. The van der Waals surface area contributed by atoms with Crippen LogP contribution in [0.25, 0.3) is 0 Å². The highest BCUT2D eigenvalue weighted by Crippen LogP contribution is 2.23. The molecule has 1 heterocycles. The molecule has 0 saturated carbocycles. The molecular formula is C16H22ClN3O3. The number of aliphatic carboxylic acids is 1. The minimum atomic E-state index is -0.905. The molecule has 1 aromatic rings. The monoisotopic (exact) mass is 339 g/mol. The van der Waals surface area contributed by atoms with Gasteiger partial charge >= 0.3 is 12.0 Å². The number of anilines is 1. The number of rotatable bonds is 5. The van der Waals surface area contributed by atoms with Crippen LogP contribution in [-0.2, 0) is 4.79 Å². The van der Waals surface area contributed by atoms with Gasteiger partial charge in [-0.1, -0.05) is 24.6 Å². The van der Waals surface area contributed by atoms with Gasteiger partial charge in [0.1, 0.15) is 0 Å². The van der Waals surface area contributed by atoms with E-state index in [1.165, 1.54) is 4.90 Å². The lowest BCUT2D eigenvalue weighted by Crippen LogP contribution is -2.46. The van der Waals surface area contributed by atoms with Crippen molar-refractivity contribution in [1.29, 1.82) is 0 Å². The number of urea groups is 1. The summed E-state index contributed by atoms with van der Waals surface area (Å²) in [6.45, 7) is 3.34. The number of benzene rings is 1. The third-order valence-electron chi connectivity index (χ3n) is 4.01. The van der Waals surface area contributed by atoms with Gasteiger partial charge in [0.05, 0.1) is 5.92 Å². The van der Waals surface area contributed by atoms with E-state index in [9.17, 15) is 9.59 Å². The van der Waals surface area contributed by atoms with E-state index in [1.807, 2.05) is 24.3 Å². The number of carboxylic acids is 1. The van der Waals surface area contributed by atoms with Crippen molar-refractivity contribution in [2.24, 2.45) is 5.92 Å². The number of carbonyl (C=O) groups excluding carboxylic acids is 1. The maximum Gasteiger partial charge on any atom is 0.317 e. The highest BCUT2D eigenvalue weighted by atomic mass is 35.5. The molecule has 1 aromatic carbocycles. The number of nitrogens with one attached hydrogen (secondary N) is 1. The summed E-state index contributed by atoms with van der Waals surface area (Å²) in [7, 11) is 1.61. The van der Waals surface area contributed by atoms with E-state index in [2.05, 4.69) is 10.2 Å². The Morgan fingerprint density at radius 3 is 2.91 bits per heavy atom. The average Bonchev–Trinajstić information content (AvgIpc) is 2.95. The van der Waals surface area contributed by atoms with E-state index in [1.54, 1.807) is 14.0 Å². The second-order valence-corrected chi connectivity index (χ2v) is 6.42. The molecule has 6 nitrogen and oxygen atoms in total. The second-order valence-electron chi connectivity index (χ2n) is 5.98. The fourth-order valence-electron chi connectivity index (χ4n) is 2.64. The lowest BCUT2D eigenvalue weighted by atomic mass is 10.2. The predicted octanol–water partition coefficient (Wildman–Crippen LogP) is 2.28. The molecule has 23 heavy (non-hydrogen) atoms. The van der Waals surface area contributed by atoms with Crippen LogP contribution in [0.5, 0.6) is 0 Å². The Bertz CT molecular complexity index is 581. The van der Waals surface area contributed by atoms with Crippen molar-refractivity contribution in [3.63, 3.8) is 0 Å². The van der Waals surface area contributed by atoms with Gasteiger partial charge in [-0.2, -0.15) is 0 Å². The molecule has 0 aliphatic carbocycles.